The first-order chi connectivity index (χ1) is 7.37. The Labute approximate surface area is 89.8 Å². The highest BCUT2D eigenvalue weighted by molar-refractivity contribution is 5.69. The van der Waals surface area contributed by atoms with E-state index < -0.39 is 18.8 Å². The molecule has 0 aliphatic carbocycles. The lowest BCUT2D eigenvalue weighted by Gasteiger charge is -2.09. The molecule has 3 nitrogen and oxygen atoms in total. The fraction of sp³-hybridized carbons (Fsp3) is 0.300. The summed E-state index contributed by atoms with van der Waals surface area (Å²) < 4.78 is 44.6. The molecule has 0 aliphatic heterocycles. The Bertz CT molecular complexity index is 374. The van der Waals surface area contributed by atoms with E-state index in [0.29, 0.717) is 0 Å². The first-order valence-corrected chi connectivity index (χ1v) is 4.26. The Morgan fingerprint density at radius 3 is 2.56 bits per heavy atom. The molecule has 0 heterocycles. The molecule has 0 fully saturated rings. The van der Waals surface area contributed by atoms with Crippen molar-refractivity contribution in [1.82, 2.24) is 0 Å². The van der Waals surface area contributed by atoms with E-state index in [2.05, 4.69) is 15.5 Å². The summed E-state index contributed by atoms with van der Waals surface area (Å²) in [6.45, 7) is -0.215. The number of alkyl halides is 3. The minimum Gasteiger partial charge on any atom is -0.484 e. The topological polar surface area (TPSA) is 35.5 Å². The summed E-state index contributed by atoms with van der Waals surface area (Å²) in [4.78, 5) is 10.6. The van der Waals surface area contributed by atoms with Gasteiger partial charge in [0.2, 0.25) is 0 Å². The zero-order valence-electron chi connectivity index (χ0n) is 8.30. The molecule has 0 N–H and O–H groups in total. The van der Waals surface area contributed by atoms with Crippen molar-refractivity contribution in [3.05, 3.63) is 24.3 Å². The fourth-order valence-electron chi connectivity index (χ4n) is 0.903. The van der Waals surface area contributed by atoms with Gasteiger partial charge in [0, 0.05) is 13.0 Å². The second-order valence-corrected chi connectivity index (χ2v) is 2.90. The minimum absolute atomic E-state index is 0.0592. The maximum Gasteiger partial charge on any atom is 0.422 e. The number of carbonyl (C=O) groups excluding carboxylic acids is 1. The molecule has 0 saturated heterocycles. The molecule has 0 bridgehead atoms. The van der Waals surface area contributed by atoms with Crippen molar-refractivity contribution in [1.29, 1.82) is 0 Å². The summed E-state index contributed by atoms with van der Waals surface area (Å²) in [5.74, 6) is -0.537. The number of hydrogen-bond donors (Lipinski definition) is 0. The SMILES string of the molecule is CC(=O)Oc1c[c]cc(OCC(F)(F)F)c1. The van der Waals surface area contributed by atoms with Crippen LogP contribution in [0.1, 0.15) is 6.92 Å². The van der Waals surface area contributed by atoms with Crippen LogP contribution in [0, 0.1) is 6.07 Å². The molecule has 1 aromatic rings. The molecule has 0 aromatic heterocycles. The second kappa shape index (κ2) is 4.87. The maximum absolute atomic E-state index is 11.8. The first kappa shape index (κ1) is 12.4. The Hall–Kier alpha value is -1.72. The molecule has 0 aliphatic rings. The van der Waals surface area contributed by atoms with Crippen LogP contribution in [0.25, 0.3) is 0 Å². The summed E-state index contributed by atoms with van der Waals surface area (Å²) in [6.07, 6.45) is -4.41. The van der Waals surface area contributed by atoms with Gasteiger partial charge < -0.3 is 9.47 Å². The number of carbonyl (C=O) groups is 1. The van der Waals surface area contributed by atoms with Crippen molar-refractivity contribution in [2.24, 2.45) is 0 Å². The molecule has 0 saturated carbocycles. The zero-order valence-corrected chi connectivity index (χ0v) is 8.30. The molecule has 16 heavy (non-hydrogen) atoms. The first-order valence-electron chi connectivity index (χ1n) is 4.26. The van der Waals surface area contributed by atoms with Gasteiger partial charge in [-0.15, -0.1) is 0 Å². The molecule has 87 valence electrons. The molecule has 1 aromatic carbocycles. The number of rotatable bonds is 3. The molecular weight excluding hydrogens is 225 g/mol. The van der Waals surface area contributed by atoms with E-state index in [1.807, 2.05) is 0 Å². The average Bonchev–Trinajstić information content (AvgIpc) is 2.13. The lowest BCUT2D eigenvalue weighted by molar-refractivity contribution is -0.153. The molecule has 0 spiro atoms. The molecule has 1 rings (SSSR count). The highest BCUT2D eigenvalue weighted by Crippen LogP contribution is 2.22. The molecule has 6 heteroatoms. The van der Waals surface area contributed by atoms with Crippen LogP contribution < -0.4 is 9.47 Å². The van der Waals surface area contributed by atoms with Crippen molar-refractivity contribution >= 4 is 5.97 Å². The van der Waals surface area contributed by atoms with Crippen LogP contribution >= 0.6 is 0 Å². The van der Waals surface area contributed by atoms with E-state index >= 15 is 0 Å². The summed E-state index contributed by atoms with van der Waals surface area (Å²) >= 11 is 0. The van der Waals surface area contributed by atoms with Crippen molar-refractivity contribution in [2.75, 3.05) is 6.61 Å². The third kappa shape index (κ3) is 4.68. The van der Waals surface area contributed by atoms with Crippen LogP contribution in [-0.4, -0.2) is 18.8 Å². The highest BCUT2D eigenvalue weighted by atomic mass is 19.4. The van der Waals surface area contributed by atoms with Gasteiger partial charge in [0.15, 0.2) is 6.61 Å². The highest BCUT2D eigenvalue weighted by Gasteiger charge is 2.28. The maximum atomic E-state index is 11.8. The summed E-state index contributed by atoms with van der Waals surface area (Å²) in [6, 6.07) is 6.23. The monoisotopic (exact) mass is 233 g/mol. The molecule has 1 radical (unpaired) electrons. The quantitative estimate of drug-likeness (QED) is 0.593. The molecule has 0 unspecified atom stereocenters. The zero-order chi connectivity index (χ0) is 12.2. The van der Waals surface area contributed by atoms with Crippen molar-refractivity contribution in [2.45, 2.75) is 13.1 Å². The number of halogens is 3. The summed E-state index contributed by atoms with van der Waals surface area (Å²) in [5.41, 5.74) is 0. The van der Waals surface area contributed by atoms with Gasteiger partial charge in [-0.1, -0.05) is 0 Å². The Morgan fingerprint density at radius 2 is 2.00 bits per heavy atom. The predicted molar refractivity (Wildman–Crippen MR) is 48.1 cm³/mol. The normalized spacial score (nSPS) is 11.0. The summed E-state index contributed by atoms with van der Waals surface area (Å²) in [5, 5.41) is 0. The van der Waals surface area contributed by atoms with Crippen molar-refractivity contribution < 1.29 is 27.4 Å². The van der Waals surface area contributed by atoms with Crippen LogP contribution in [0.3, 0.4) is 0 Å². The van der Waals surface area contributed by atoms with Gasteiger partial charge in [0.05, 0.1) is 0 Å². The van der Waals surface area contributed by atoms with Crippen LogP contribution in [0.5, 0.6) is 11.5 Å². The number of ether oxygens (including phenoxy) is 2. The van der Waals surface area contributed by atoms with E-state index in [4.69, 9.17) is 0 Å². The molecular formula is C10H8F3O3. The van der Waals surface area contributed by atoms with E-state index in [1.165, 1.54) is 25.1 Å². The Kier molecular flexibility index (Phi) is 3.76. The van der Waals surface area contributed by atoms with E-state index in [9.17, 15) is 18.0 Å². The van der Waals surface area contributed by atoms with E-state index in [0.717, 1.165) is 0 Å². The second-order valence-electron chi connectivity index (χ2n) is 2.90. The smallest absolute Gasteiger partial charge is 0.422 e. The van der Waals surface area contributed by atoms with Crippen molar-refractivity contribution in [3.8, 4) is 11.5 Å². The van der Waals surface area contributed by atoms with Gasteiger partial charge in [-0.05, 0) is 18.2 Å². The standard InChI is InChI=1S/C10H8F3O3/c1-7(14)16-9-4-2-3-8(5-9)15-6-10(11,12)13/h3-5H,6H2,1H3. The van der Waals surface area contributed by atoms with E-state index in [-0.39, 0.29) is 11.5 Å². The fourth-order valence-corrected chi connectivity index (χ4v) is 0.903. The largest absolute Gasteiger partial charge is 0.484 e. The third-order valence-corrected chi connectivity index (χ3v) is 1.40. The van der Waals surface area contributed by atoms with Crippen LogP contribution in [0.2, 0.25) is 0 Å². The minimum atomic E-state index is -4.41. The number of hydrogen-bond acceptors (Lipinski definition) is 3. The van der Waals surface area contributed by atoms with Gasteiger partial charge >= 0.3 is 12.1 Å². The predicted octanol–water partition coefficient (Wildman–Crippen LogP) is 2.35. The average molecular weight is 233 g/mol. The Balaban J connectivity index is 2.64. The van der Waals surface area contributed by atoms with Gasteiger partial charge in [0.1, 0.15) is 11.5 Å². The lowest BCUT2D eigenvalue weighted by Crippen LogP contribution is -2.19. The van der Waals surface area contributed by atoms with Crippen LogP contribution in [0.15, 0.2) is 18.2 Å². The van der Waals surface area contributed by atoms with E-state index in [1.54, 1.807) is 0 Å². The molecule has 0 atom stereocenters. The third-order valence-electron chi connectivity index (χ3n) is 1.40. The summed E-state index contributed by atoms with van der Waals surface area (Å²) in [7, 11) is 0. The van der Waals surface area contributed by atoms with Crippen molar-refractivity contribution in [3.63, 3.8) is 0 Å². The Morgan fingerprint density at radius 1 is 1.38 bits per heavy atom. The van der Waals surface area contributed by atoms with Gasteiger partial charge in [0.25, 0.3) is 0 Å². The van der Waals surface area contributed by atoms with Gasteiger partial charge in [-0.3, -0.25) is 4.79 Å². The van der Waals surface area contributed by atoms with Crippen LogP contribution in [-0.2, 0) is 4.79 Å². The van der Waals surface area contributed by atoms with Gasteiger partial charge in [-0.25, -0.2) is 0 Å². The number of benzene rings is 1. The lowest BCUT2D eigenvalue weighted by atomic mass is 10.3. The van der Waals surface area contributed by atoms with Crippen LogP contribution in [0.4, 0.5) is 13.2 Å². The number of esters is 1. The van der Waals surface area contributed by atoms with Gasteiger partial charge in [-0.2, -0.15) is 13.2 Å². The molecule has 0 amide bonds.